The predicted molar refractivity (Wildman–Crippen MR) is 36.6 cm³/mol. The quantitative estimate of drug-likeness (QED) is 0.450. The lowest BCUT2D eigenvalue weighted by Gasteiger charge is -2.16. The zero-order valence-electron chi connectivity index (χ0n) is 5.67. The normalized spacial score (nSPS) is 33.8. The fraction of sp³-hybridized carbons (Fsp3) is 0.625. The molecule has 0 saturated carbocycles. The number of hydrogen-bond acceptors (Lipinski definition) is 1. The molecule has 0 bridgehead atoms. The molecule has 1 aliphatic rings. The molecule has 2 unspecified atom stereocenters. The average molecular weight is 121 g/mol. The lowest BCUT2D eigenvalue weighted by Crippen LogP contribution is -2.09. The van der Waals surface area contributed by atoms with Crippen molar-refractivity contribution in [1.82, 2.24) is 0 Å². The molecule has 2 atom stereocenters. The molecule has 0 aromatic rings. The zero-order valence-corrected chi connectivity index (χ0v) is 5.67. The molecule has 0 saturated heterocycles. The Morgan fingerprint density at radius 1 is 1.67 bits per heavy atom. The smallest absolute Gasteiger partial charge is 0.0700 e. The van der Waals surface area contributed by atoms with Crippen LogP contribution in [0.1, 0.15) is 19.8 Å². The van der Waals surface area contributed by atoms with E-state index in [1.807, 2.05) is 6.08 Å². The fourth-order valence-electron chi connectivity index (χ4n) is 1.14. The van der Waals surface area contributed by atoms with Crippen molar-refractivity contribution in [2.45, 2.75) is 19.8 Å². The Hall–Kier alpha value is -0.770. The van der Waals surface area contributed by atoms with E-state index in [1.54, 1.807) is 0 Å². The van der Waals surface area contributed by atoms with Gasteiger partial charge in [-0.25, -0.2) is 0 Å². The molecular formula is C8H11N. The first-order valence-corrected chi connectivity index (χ1v) is 3.41. The molecule has 0 aromatic heterocycles. The van der Waals surface area contributed by atoms with Crippen LogP contribution in [-0.2, 0) is 0 Å². The highest BCUT2D eigenvalue weighted by Crippen LogP contribution is 2.22. The lowest BCUT2D eigenvalue weighted by molar-refractivity contribution is 0.454. The van der Waals surface area contributed by atoms with Crippen LogP contribution in [0.15, 0.2) is 12.2 Å². The molecule has 0 aromatic carbocycles. The Bertz CT molecular complexity index is 152. The summed E-state index contributed by atoms with van der Waals surface area (Å²) in [5.74, 6) is 0.749. The van der Waals surface area contributed by atoms with Crippen LogP contribution >= 0.6 is 0 Å². The van der Waals surface area contributed by atoms with Crippen LogP contribution < -0.4 is 0 Å². The monoisotopic (exact) mass is 121 g/mol. The van der Waals surface area contributed by atoms with Gasteiger partial charge in [-0.3, -0.25) is 0 Å². The van der Waals surface area contributed by atoms with Gasteiger partial charge in [0.1, 0.15) is 0 Å². The van der Waals surface area contributed by atoms with Gasteiger partial charge >= 0.3 is 0 Å². The fourth-order valence-corrected chi connectivity index (χ4v) is 1.14. The second-order valence-electron chi connectivity index (χ2n) is 2.64. The molecule has 0 amide bonds. The van der Waals surface area contributed by atoms with Gasteiger partial charge in [-0.15, -0.1) is 0 Å². The second kappa shape index (κ2) is 2.68. The van der Waals surface area contributed by atoms with E-state index in [9.17, 15) is 0 Å². The van der Waals surface area contributed by atoms with Gasteiger partial charge in [0.15, 0.2) is 0 Å². The van der Waals surface area contributed by atoms with Gasteiger partial charge in [0.25, 0.3) is 0 Å². The molecule has 48 valence electrons. The molecule has 0 spiro atoms. The summed E-state index contributed by atoms with van der Waals surface area (Å²) < 4.78 is 0. The predicted octanol–water partition coefficient (Wildman–Crippen LogP) is 2.11. The van der Waals surface area contributed by atoms with Crippen LogP contribution in [0.2, 0.25) is 0 Å². The molecule has 0 heterocycles. The Balaban J connectivity index is 2.59. The summed E-state index contributed by atoms with van der Waals surface area (Å²) in [4.78, 5) is 0. The summed E-state index contributed by atoms with van der Waals surface area (Å²) in [6, 6.07) is 2.27. The van der Waals surface area contributed by atoms with Gasteiger partial charge in [0, 0.05) is 0 Å². The van der Waals surface area contributed by atoms with Crippen molar-refractivity contribution in [3.05, 3.63) is 12.2 Å². The first kappa shape index (κ1) is 6.35. The maximum atomic E-state index is 8.56. The number of nitrogens with zero attached hydrogens (tertiary/aromatic N) is 1. The number of rotatable bonds is 0. The minimum atomic E-state index is 0.179. The van der Waals surface area contributed by atoms with Crippen molar-refractivity contribution in [2.24, 2.45) is 11.8 Å². The summed E-state index contributed by atoms with van der Waals surface area (Å²) in [5.41, 5.74) is 0. The summed E-state index contributed by atoms with van der Waals surface area (Å²) >= 11 is 0. The van der Waals surface area contributed by atoms with Crippen molar-refractivity contribution in [3.63, 3.8) is 0 Å². The molecule has 1 aliphatic carbocycles. The van der Waals surface area contributed by atoms with E-state index >= 15 is 0 Å². The van der Waals surface area contributed by atoms with E-state index in [4.69, 9.17) is 5.26 Å². The van der Waals surface area contributed by atoms with Gasteiger partial charge in [-0.05, 0) is 18.8 Å². The molecule has 9 heavy (non-hydrogen) atoms. The van der Waals surface area contributed by atoms with Gasteiger partial charge in [0.05, 0.1) is 12.0 Å². The highest BCUT2D eigenvalue weighted by molar-refractivity contribution is 5.05. The topological polar surface area (TPSA) is 23.8 Å². The summed E-state index contributed by atoms with van der Waals surface area (Å²) in [6.07, 6.45) is 6.45. The minimum Gasteiger partial charge on any atom is -0.198 e. The molecule has 1 heteroatoms. The molecule has 0 aliphatic heterocycles. The summed E-state index contributed by atoms with van der Waals surface area (Å²) in [7, 11) is 0. The minimum absolute atomic E-state index is 0.179. The average Bonchev–Trinajstić information content (AvgIpc) is 1.89. The van der Waals surface area contributed by atoms with Gasteiger partial charge < -0.3 is 0 Å². The summed E-state index contributed by atoms with van der Waals surface area (Å²) in [6.45, 7) is 2.14. The van der Waals surface area contributed by atoms with Crippen LogP contribution in [-0.4, -0.2) is 0 Å². The Morgan fingerprint density at radius 3 is 2.89 bits per heavy atom. The van der Waals surface area contributed by atoms with E-state index in [-0.39, 0.29) is 5.92 Å². The largest absolute Gasteiger partial charge is 0.198 e. The van der Waals surface area contributed by atoms with Crippen molar-refractivity contribution in [3.8, 4) is 6.07 Å². The summed E-state index contributed by atoms with van der Waals surface area (Å²) in [5, 5.41) is 8.56. The van der Waals surface area contributed by atoms with Crippen LogP contribution in [0.4, 0.5) is 0 Å². The van der Waals surface area contributed by atoms with Gasteiger partial charge in [0.2, 0.25) is 0 Å². The Labute approximate surface area is 56.0 Å². The van der Waals surface area contributed by atoms with Crippen LogP contribution in [0.5, 0.6) is 0 Å². The van der Waals surface area contributed by atoms with Crippen LogP contribution in [0.3, 0.4) is 0 Å². The molecule has 0 N–H and O–H groups in total. The number of hydrogen-bond donors (Lipinski definition) is 0. The third-order valence-corrected chi connectivity index (χ3v) is 1.89. The van der Waals surface area contributed by atoms with Crippen molar-refractivity contribution in [2.75, 3.05) is 0 Å². The highest BCUT2D eigenvalue weighted by atomic mass is 14.3. The van der Waals surface area contributed by atoms with E-state index in [1.165, 1.54) is 6.42 Å². The van der Waals surface area contributed by atoms with E-state index in [0.717, 1.165) is 6.42 Å². The van der Waals surface area contributed by atoms with Gasteiger partial charge in [-0.2, -0.15) is 5.26 Å². The molecule has 0 radical (unpaired) electrons. The van der Waals surface area contributed by atoms with E-state index < -0.39 is 0 Å². The molecule has 0 fully saturated rings. The molecule has 1 nitrogen and oxygen atoms in total. The van der Waals surface area contributed by atoms with Crippen molar-refractivity contribution in [1.29, 1.82) is 5.26 Å². The van der Waals surface area contributed by atoms with Crippen molar-refractivity contribution < 1.29 is 0 Å². The maximum Gasteiger partial charge on any atom is 0.0700 e. The molecular weight excluding hydrogens is 110 g/mol. The SMILES string of the molecule is CC1CCC=CC1C#N. The Morgan fingerprint density at radius 2 is 2.44 bits per heavy atom. The first-order chi connectivity index (χ1) is 4.34. The second-order valence-corrected chi connectivity index (χ2v) is 2.64. The number of allylic oxidation sites excluding steroid dienone is 2. The first-order valence-electron chi connectivity index (χ1n) is 3.41. The highest BCUT2D eigenvalue weighted by Gasteiger charge is 2.15. The standard InChI is InChI=1S/C8H11N/c1-7-4-2-3-5-8(7)6-9/h3,5,7-8H,2,4H2,1H3. The number of nitriles is 1. The van der Waals surface area contributed by atoms with Crippen LogP contribution in [0.25, 0.3) is 0 Å². The van der Waals surface area contributed by atoms with Crippen molar-refractivity contribution >= 4 is 0 Å². The van der Waals surface area contributed by atoms with Gasteiger partial charge in [-0.1, -0.05) is 19.1 Å². The maximum absolute atomic E-state index is 8.56. The van der Waals surface area contributed by atoms with E-state index in [2.05, 4.69) is 19.1 Å². The zero-order chi connectivity index (χ0) is 6.69. The lowest BCUT2D eigenvalue weighted by atomic mass is 9.87. The Kier molecular flexibility index (Phi) is 1.89. The third-order valence-electron chi connectivity index (χ3n) is 1.89. The third kappa shape index (κ3) is 1.32. The molecule has 1 rings (SSSR count). The van der Waals surface area contributed by atoms with E-state index in [0.29, 0.717) is 5.92 Å². The van der Waals surface area contributed by atoms with Crippen LogP contribution in [0, 0.1) is 23.2 Å².